The maximum Gasteiger partial charge on any atom is 0.272 e. The number of unbranched alkanes of at least 4 members (excludes halogenated alkanes) is 30. The van der Waals surface area contributed by atoms with Crippen LogP contribution in [0.2, 0.25) is 0 Å². The molecule has 0 aromatic heterocycles. The van der Waals surface area contributed by atoms with Crippen LogP contribution in [-0.2, 0) is 19.0 Å². The molecular weight excluding hydrogens is 620 g/mol. The molecule has 0 aliphatic carbocycles. The summed E-state index contributed by atoms with van der Waals surface area (Å²) in [6.07, 6.45) is 45.1. The predicted octanol–water partition coefficient (Wildman–Crippen LogP) is 12.8. The van der Waals surface area contributed by atoms with E-state index in [4.69, 9.17) is 19.9 Å². The Morgan fingerprint density at radius 3 is 1.20 bits per heavy atom. The zero-order valence-electron chi connectivity index (χ0n) is 33.9. The fraction of sp³-hybridized carbons (Fsp3) is 0.977. The average Bonchev–Trinajstić information content (AvgIpc) is 3.60. The van der Waals surface area contributed by atoms with Gasteiger partial charge < -0.3 is 24.8 Å². The van der Waals surface area contributed by atoms with Crippen molar-refractivity contribution in [3.05, 3.63) is 0 Å². The molecule has 0 saturated carbocycles. The van der Waals surface area contributed by atoms with E-state index in [2.05, 4.69) is 18.7 Å². The molecule has 1 amide bonds. The normalized spacial score (nSPS) is 16.1. The molecule has 2 atom stereocenters. The Labute approximate surface area is 312 Å². The fourth-order valence-corrected chi connectivity index (χ4v) is 7.26. The first kappa shape index (κ1) is 47.3. The van der Waals surface area contributed by atoms with Gasteiger partial charge in [-0.2, -0.15) is 0 Å². The SMILES string of the molecule is CCCCCCCCCCCCCCCCCCN(CCCCCCCCCCCCCCCCCC)C(=O)CCCO[C@@H]1OC[C@@H](CN)O1. The highest BCUT2D eigenvalue weighted by Crippen LogP contribution is 2.17. The van der Waals surface area contributed by atoms with Gasteiger partial charge in [0.15, 0.2) is 0 Å². The number of carbonyl (C=O) groups excluding carboxylic acids is 1. The Hall–Kier alpha value is -0.690. The highest BCUT2D eigenvalue weighted by Gasteiger charge is 2.25. The molecule has 0 bridgehead atoms. The molecule has 1 aliphatic rings. The second kappa shape index (κ2) is 38.0. The van der Waals surface area contributed by atoms with Crippen molar-refractivity contribution in [3.63, 3.8) is 0 Å². The van der Waals surface area contributed by atoms with E-state index in [1.54, 1.807) is 0 Å². The molecular formula is C44H88N2O4. The smallest absolute Gasteiger partial charge is 0.272 e. The van der Waals surface area contributed by atoms with Crippen LogP contribution in [0.5, 0.6) is 0 Å². The quantitative estimate of drug-likeness (QED) is 0.0641. The minimum Gasteiger partial charge on any atom is -0.343 e. The number of nitrogens with zero attached hydrogens (tertiary/aromatic N) is 1. The van der Waals surface area contributed by atoms with Gasteiger partial charge in [0.25, 0.3) is 6.48 Å². The molecule has 50 heavy (non-hydrogen) atoms. The molecule has 0 aromatic carbocycles. The lowest BCUT2D eigenvalue weighted by Crippen LogP contribution is -2.33. The molecule has 0 radical (unpaired) electrons. The van der Waals surface area contributed by atoms with E-state index >= 15 is 0 Å². The van der Waals surface area contributed by atoms with E-state index in [-0.39, 0.29) is 12.0 Å². The largest absolute Gasteiger partial charge is 0.343 e. The minimum absolute atomic E-state index is 0.0865. The van der Waals surface area contributed by atoms with Gasteiger partial charge >= 0.3 is 0 Å². The summed E-state index contributed by atoms with van der Waals surface area (Å²) in [6.45, 7) is 7.15. The van der Waals surface area contributed by atoms with Crippen LogP contribution in [0, 0.1) is 0 Å². The summed E-state index contributed by atoms with van der Waals surface area (Å²) in [6, 6.07) is 0. The maximum absolute atomic E-state index is 13.2. The summed E-state index contributed by atoms with van der Waals surface area (Å²) in [7, 11) is 0. The molecule has 1 rings (SSSR count). The maximum atomic E-state index is 13.2. The van der Waals surface area contributed by atoms with Crippen molar-refractivity contribution in [2.24, 2.45) is 5.73 Å². The number of rotatable bonds is 40. The number of hydrogen-bond donors (Lipinski definition) is 1. The molecule has 1 fully saturated rings. The van der Waals surface area contributed by atoms with Gasteiger partial charge in [-0.1, -0.05) is 206 Å². The molecule has 1 saturated heterocycles. The topological polar surface area (TPSA) is 74.0 Å². The summed E-state index contributed by atoms with van der Waals surface area (Å²) in [5, 5.41) is 0. The summed E-state index contributed by atoms with van der Waals surface area (Å²) in [4.78, 5) is 15.4. The summed E-state index contributed by atoms with van der Waals surface area (Å²) in [5.74, 6) is 0.281. The van der Waals surface area contributed by atoms with E-state index in [9.17, 15) is 4.79 Å². The summed E-state index contributed by atoms with van der Waals surface area (Å²) >= 11 is 0. The van der Waals surface area contributed by atoms with E-state index in [0.29, 0.717) is 32.6 Å². The molecule has 0 unspecified atom stereocenters. The van der Waals surface area contributed by atoms with Gasteiger partial charge in [-0.05, 0) is 19.3 Å². The van der Waals surface area contributed by atoms with Crippen LogP contribution in [0.3, 0.4) is 0 Å². The number of hydrogen-bond acceptors (Lipinski definition) is 5. The molecule has 298 valence electrons. The van der Waals surface area contributed by atoms with Crippen molar-refractivity contribution in [2.75, 3.05) is 32.8 Å². The van der Waals surface area contributed by atoms with Crippen molar-refractivity contribution >= 4 is 5.91 Å². The van der Waals surface area contributed by atoms with Gasteiger partial charge in [-0.3, -0.25) is 4.79 Å². The second-order valence-electron chi connectivity index (χ2n) is 15.6. The van der Waals surface area contributed by atoms with Crippen LogP contribution in [0.15, 0.2) is 0 Å². The lowest BCUT2D eigenvalue weighted by molar-refractivity contribution is -0.236. The number of amides is 1. The third-order valence-electron chi connectivity index (χ3n) is 10.7. The van der Waals surface area contributed by atoms with Crippen molar-refractivity contribution in [2.45, 2.75) is 245 Å². The molecule has 1 heterocycles. The van der Waals surface area contributed by atoms with Crippen LogP contribution in [0.25, 0.3) is 0 Å². The molecule has 1 aliphatic heterocycles. The third kappa shape index (κ3) is 30.9. The second-order valence-corrected chi connectivity index (χ2v) is 15.6. The number of carbonyl (C=O) groups is 1. The van der Waals surface area contributed by atoms with E-state index in [1.807, 2.05) is 0 Å². The van der Waals surface area contributed by atoms with Gasteiger partial charge in [0.2, 0.25) is 5.91 Å². The summed E-state index contributed by atoms with van der Waals surface area (Å²) < 4.78 is 16.7. The first-order valence-corrected chi connectivity index (χ1v) is 22.6. The van der Waals surface area contributed by atoms with Crippen LogP contribution in [0.1, 0.15) is 232 Å². The number of nitrogens with two attached hydrogens (primary N) is 1. The van der Waals surface area contributed by atoms with Crippen LogP contribution < -0.4 is 5.73 Å². The molecule has 6 heteroatoms. The van der Waals surface area contributed by atoms with Crippen LogP contribution >= 0.6 is 0 Å². The fourth-order valence-electron chi connectivity index (χ4n) is 7.26. The molecule has 0 spiro atoms. The van der Waals surface area contributed by atoms with Crippen molar-refractivity contribution in [1.82, 2.24) is 4.90 Å². The zero-order chi connectivity index (χ0) is 36.0. The molecule has 0 aromatic rings. The third-order valence-corrected chi connectivity index (χ3v) is 10.7. The Morgan fingerprint density at radius 1 is 0.540 bits per heavy atom. The zero-order valence-corrected chi connectivity index (χ0v) is 33.9. The number of ether oxygens (including phenoxy) is 3. The Kier molecular flexibility index (Phi) is 36.0. The highest BCUT2D eigenvalue weighted by molar-refractivity contribution is 5.76. The van der Waals surface area contributed by atoms with E-state index in [0.717, 1.165) is 25.9 Å². The van der Waals surface area contributed by atoms with Gasteiger partial charge in [0.1, 0.15) is 0 Å². The van der Waals surface area contributed by atoms with Gasteiger partial charge in [-0.15, -0.1) is 0 Å². The van der Waals surface area contributed by atoms with E-state index < -0.39 is 6.48 Å². The lowest BCUT2D eigenvalue weighted by Gasteiger charge is -2.23. The van der Waals surface area contributed by atoms with Crippen molar-refractivity contribution in [1.29, 1.82) is 0 Å². The summed E-state index contributed by atoms with van der Waals surface area (Å²) in [5.41, 5.74) is 5.65. The lowest BCUT2D eigenvalue weighted by atomic mass is 10.0. The van der Waals surface area contributed by atoms with E-state index in [1.165, 1.54) is 193 Å². The monoisotopic (exact) mass is 709 g/mol. The molecule has 2 N–H and O–H groups in total. The predicted molar refractivity (Wildman–Crippen MR) is 215 cm³/mol. The first-order valence-electron chi connectivity index (χ1n) is 22.6. The standard InChI is InChI=1S/C44H88N2O4/c1-3-5-7-9-11-13-15-17-19-21-23-25-27-29-31-33-37-46(43(47)36-35-39-48-44-49-41-42(40-45)50-44)38-34-32-30-28-26-24-22-20-18-16-14-12-10-8-6-4-2/h42,44H,3-41,45H2,1-2H3/t42-,44-/m1/s1. The van der Waals surface area contributed by atoms with Crippen LogP contribution in [0.4, 0.5) is 0 Å². The van der Waals surface area contributed by atoms with Gasteiger partial charge in [0.05, 0.1) is 19.3 Å². The first-order chi connectivity index (χ1) is 24.7. The minimum atomic E-state index is -0.634. The van der Waals surface area contributed by atoms with Gasteiger partial charge in [0, 0.05) is 26.1 Å². The molecule has 6 nitrogen and oxygen atoms in total. The highest BCUT2D eigenvalue weighted by atomic mass is 16.9. The van der Waals surface area contributed by atoms with Gasteiger partial charge in [-0.25, -0.2) is 0 Å². The Balaban J connectivity index is 2.12. The Bertz CT molecular complexity index is 657. The average molecular weight is 709 g/mol. The van der Waals surface area contributed by atoms with Crippen molar-refractivity contribution in [3.8, 4) is 0 Å². The van der Waals surface area contributed by atoms with Crippen LogP contribution in [-0.4, -0.2) is 56.2 Å². The Morgan fingerprint density at radius 2 is 0.880 bits per heavy atom. The van der Waals surface area contributed by atoms with Crippen molar-refractivity contribution < 1.29 is 19.0 Å².